The van der Waals surface area contributed by atoms with Crippen LogP contribution in [-0.2, 0) is 11.2 Å². The molecule has 2 aromatic carbocycles. The van der Waals surface area contributed by atoms with Crippen LogP contribution in [0, 0.1) is 20.8 Å². The number of carbonyl (C=O) groups excluding carboxylic acids is 1. The third-order valence-corrected chi connectivity index (χ3v) is 4.29. The summed E-state index contributed by atoms with van der Waals surface area (Å²) in [5, 5.41) is 7.44. The minimum atomic E-state index is -0.0141. The summed E-state index contributed by atoms with van der Waals surface area (Å²) in [6.07, 6.45) is 2.95. The third-order valence-electron chi connectivity index (χ3n) is 4.29. The van der Waals surface area contributed by atoms with Crippen molar-refractivity contribution < 1.29 is 4.79 Å². The lowest BCUT2D eigenvalue weighted by Crippen LogP contribution is -2.29. The molecule has 0 saturated carbocycles. The molecule has 1 aromatic heterocycles. The topological polar surface area (TPSA) is 56.9 Å². The van der Waals surface area contributed by atoms with Gasteiger partial charge in [0.15, 0.2) is 0 Å². The molecule has 3 rings (SSSR count). The number of amides is 1. The molecule has 0 aliphatic rings. The van der Waals surface area contributed by atoms with Gasteiger partial charge in [-0.05, 0) is 74.7 Å². The van der Waals surface area contributed by atoms with Gasteiger partial charge in [-0.25, -0.2) is 0 Å². The van der Waals surface area contributed by atoms with Crippen molar-refractivity contribution in [2.24, 2.45) is 0 Å². The van der Waals surface area contributed by atoms with Crippen LogP contribution in [0.4, 0.5) is 5.69 Å². The lowest BCUT2D eigenvalue weighted by Gasteiger charge is -2.08. The molecule has 0 aliphatic heterocycles. The third kappa shape index (κ3) is 4.48. The Bertz CT molecular complexity index is 875. The maximum absolute atomic E-state index is 12.1. The second-order valence-electron chi connectivity index (χ2n) is 6.71. The standard InChI is InChI=1S/C21H25N3O/c1-14-4-5-20-19(11-14)17(12-23-20)6-7-22-13-21(25)24-18-9-15(2)8-16(3)10-18/h4-5,8-12,22-23H,6-7,13H2,1-3H3,(H,24,25). The van der Waals surface area contributed by atoms with Gasteiger partial charge < -0.3 is 15.6 Å². The number of aryl methyl sites for hydroxylation is 3. The molecule has 0 spiro atoms. The fourth-order valence-corrected chi connectivity index (χ4v) is 3.18. The van der Waals surface area contributed by atoms with Crippen LogP contribution in [0.5, 0.6) is 0 Å². The fourth-order valence-electron chi connectivity index (χ4n) is 3.18. The van der Waals surface area contributed by atoms with E-state index < -0.39 is 0 Å². The smallest absolute Gasteiger partial charge is 0.238 e. The lowest BCUT2D eigenvalue weighted by atomic mass is 10.1. The molecule has 0 atom stereocenters. The normalized spacial score (nSPS) is 11.0. The van der Waals surface area contributed by atoms with Crippen LogP contribution in [0.25, 0.3) is 10.9 Å². The predicted molar refractivity (Wildman–Crippen MR) is 104 cm³/mol. The quantitative estimate of drug-likeness (QED) is 0.599. The number of fused-ring (bicyclic) bond motifs is 1. The monoisotopic (exact) mass is 335 g/mol. The molecule has 130 valence electrons. The molecule has 0 aliphatic carbocycles. The number of carbonyl (C=O) groups is 1. The summed E-state index contributed by atoms with van der Waals surface area (Å²) in [7, 11) is 0. The minimum absolute atomic E-state index is 0.0141. The number of hydrogen-bond acceptors (Lipinski definition) is 2. The van der Waals surface area contributed by atoms with Gasteiger partial charge >= 0.3 is 0 Å². The lowest BCUT2D eigenvalue weighted by molar-refractivity contribution is -0.115. The Labute approximate surface area is 148 Å². The summed E-state index contributed by atoms with van der Waals surface area (Å²) >= 11 is 0. The highest BCUT2D eigenvalue weighted by Gasteiger charge is 2.06. The van der Waals surface area contributed by atoms with Crippen molar-refractivity contribution in [1.82, 2.24) is 10.3 Å². The molecular weight excluding hydrogens is 310 g/mol. The van der Waals surface area contributed by atoms with Gasteiger partial charge in [-0.3, -0.25) is 4.79 Å². The Morgan fingerprint density at radius 1 is 1.00 bits per heavy atom. The van der Waals surface area contributed by atoms with E-state index in [-0.39, 0.29) is 5.91 Å². The summed E-state index contributed by atoms with van der Waals surface area (Å²) < 4.78 is 0. The van der Waals surface area contributed by atoms with Crippen molar-refractivity contribution in [3.63, 3.8) is 0 Å². The first-order chi connectivity index (χ1) is 12.0. The number of benzene rings is 2. The second kappa shape index (κ2) is 7.53. The number of aromatic nitrogens is 1. The molecular formula is C21H25N3O. The Morgan fingerprint density at radius 2 is 1.76 bits per heavy atom. The van der Waals surface area contributed by atoms with Crippen LogP contribution in [0.3, 0.4) is 0 Å². The van der Waals surface area contributed by atoms with E-state index in [0.717, 1.165) is 35.3 Å². The Hall–Kier alpha value is -2.59. The van der Waals surface area contributed by atoms with Gasteiger partial charge in [0.05, 0.1) is 6.54 Å². The molecule has 0 saturated heterocycles. The van der Waals surface area contributed by atoms with E-state index in [1.807, 2.05) is 26.0 Å². The number of anilines is 1. The van der Waals surface area contributed by atoms with Crippen LogP contribution in [0.2, 0.25) is 0 Å². The summed E-state index contributed by atoms with van der Waals surface area (Å²) in [6, 6.07) is 12.5. The predicted octanol–water partition coefficient (Wildman–Crippen LogP) is 3.86. The van der Waals surface area contributed by atoms with Crippen LogP contribution >= 0.6 is 0 Å². The molecule has 3 aromatic rings. The zero-order valence-electron chi connectivity index (χ0n) is 15.1. The fraction of sp³-hybridized carbons (Fsp3) is 0.286. The Morgan fingerprint density at radius 3 is 2.52 bits per heavy atom. The van der Waals surface area contributed by atoms with E-state index in [1.54, 1.807) is 0 Å². The molecule has 1 heterocycles. The highest BCUT2D eigenvalue weighted by molar-refractivity contribution is 5.92. The first kappa shape index (κ1) is 17.2. The summed E-state index contributed by atoms with van der Waals surface area (Å²) in [6.45, 7) is 7.25. The molecule has 0 bridgehead atoms. The maximum atomic E-state index is 12.1. The number of hydrogen-bond donors (Lipinski definition) is 3. The molecule has 0 unspecified atom stereocenters. The van der Waals surface area contributed by atoms with Crippen LogP contribution < -0.4 is 10.6 Å². The SMILES string of the molecule is Cc1cc(C)cc(NC(=O)CNCCc2c[nH]c3ccc(C)cc23)c1. The van der Waals surface area contributed by atoms with E-state index in [9.17, 15) is 4.79 Å². The highest BCUT2D eigenvalue weighted by Crippen LogP contribution is 2.19. The number of rotatable bonds is 6. The van der Waals surface area contributed by atoms with Crippen molar-refractivity contribution in [2.45, 2.75) is 27.2 Å². The Kier molecular flexibility index (Phi) is 5.19. The van der Waals surface area contributed by atoms with Gasteiger partial charge in [0.25, 0.3) is 0 Å². The summed E-state index contributed by atoms with van der Waals surface area (Å²) in [5.41, 5.74) is 6.86. The maximum Gasteiger partial charge on any atom is 0.238 e. The van der Waals surface area contributed by atoms with E-state index in [1.165, 1.54) is 16.5 Å². The van der Waals surface area contributed by atoms with Gasteiger partial charge in [0.2, 0.25) is 5.91 Å². The average molecular weight is 335 g/mol. The van der Waals surface area contributed by atoms with Gasteiger partial charge in [-0.1, -0.05) is 17.7 Å². The van der Waals surface area contributed by atoms with Crippen LogP contribution in [0.1, 0.15) is 22.3 Å². The average Bonchev–Trinajstić information content (AvgIpc) is 2.93. The molecule has 25 heavy (non-hydrogen) atoms. The van der Waals surface area contributed by atoms with Crippen molar-refractivity contribution in [3.8, 4) is 0 Å². The number of aromatic amines is 1. The van der Waals surface area contributed by atoms with E-state index in [0.29, 0.717) is 6.54 Å². The first-order valence-electron chi connectivity index (χ1n) is 8.67. The number of H-pyrrole nitrogens is 1. The van der Waals surface area contributed by atoms with Gasteiger partial charge in [-0.2, -0.15) is 0 Å². The van der Waals surface area contributed by atoms with Crippen LogP contribution in [-0.4, -0.2) is 24.0 Å². The molecule has 4 nitrogen and oxygen atoms in total. The van der Waals surface area contributed by atoms with Crippen molar-refractivity contribution >= 4 is 22.5 Å². The van der Waals surface area contributed by atoms with E-state index in [4.69, 9.17) is 0 Å². The Balaban J connectivity index is 1.49. The van der Waals surface area contributed by atoms with E-state index >= 15 is 0 Å². The highest BCUT2D eigenvalue weighted by atomic mass is 16.1. The molecule has 0 fully saturated rings. The summed E-state index contributed by atoms with van der Waals surface area (Å²) in [5.74, 6) is -0.0141. The van der Waals surface area contributed by atoms with Crippen LogP contribution in [0.15, 0.2) is 42.6 Å². The number of nitrogens with one attached hydrogen (secondary N) is 3. The van der Waals surface area contributed by atoms with Gasteiger partial charge in [-0.15, -0.1) is 0 Å². The van der Waals surface area contributed by atoms with Crippen molar-refractivity contribution in [2.75, 3.05) is 18.4 Å². The first-order valence-corrected chi connectivity index (χ1v) is 8.67. The van der Waals surface area contributed by atoms with Gasteiger partial charge in [0, 0.05) is 22.8 Å². The largest absolute Gasteiger partial charge is 0.361 e. The summed E-state index contributed by atoms with van der Waals surface area (Å²) in [4.78, 5) is 15.4. The van der Waals surface area contributed by atoms with Crippen molar-refractivity contribution in [3.05, 3.63) is 64.8 Å². The second-order valence-corrected chi connectivity index (χ2v) is 6.71. The molecule has 3 N–H and O–H groups in total. The zero-order chi connectivity index (χ0) is 17.8. The molecule has 0 radical (unpaired) electrons. The van der Waals surface area contributed by atoms with E-state index in [2.05, 4.69) is 53.0 Å². The zero-order valence-corrected chi connectivity index (χ0v) is 15.1. The van der Waals surface area contributed by atoms with Crippen molar-refractivity contribution in [1.29, 1.82) is 0 Å². The minimum Gasteiger partial charge on any atom is -0.361 e. The van der Waals surface area contributed by atoms with Gasteiger partial charge in [0.1, 0.15) is 0 Å². The molecule has 4 heteroatoms. The molecule has 1 amide bonds.